The van der Waals surface area contributed by atoms with Gasteiger partial charge < -0.3 is 9.80 Å². The van der Waals surface area contributed by atoms with Crippen LogP contribution in [-0.4, -0.2) is 43.1 Å². The Morgan fingerprint density at radius 3 is 2.81 bits per heavy atom. The Morgan fingerprint density at radius 1 is 1.38 bits per heavy atom. The topological polar surface area (TPSA) is 19.4 Å². The number of likely N-dealkylation sites (tertiary alicyclic amines) is 1. The van der Waals surface area contributed by atoms with E-state index in [1.54, 1.807) is 0 Å². The summed E-state index contributed by atoms with van der Waals surface area (Å²) in [6.45, 7) is 4.76. The Hall–Kier alpha value is -0.610. The van der Waals surface area contributed by atoms with Gasteiger partial charge in [0, 0.05) is 30.8 Å². The fourth-order valence-corrected chi connectivity index (χ4v) is 2.39. The molecule has 0 atom stereocenters. The van der Waals surface area contributed by atoms with Crippen molar-refractivity contribution in [3.8, 4) is 0 Å². The van der Waals surface area contributed by atoms with E-state index in [9.17, 15) is 0 Å². The maximum absolute atomic E-state index is 4.18. The molecule has 16 heavy (non-hydrogen) atoms. The first-order chi connectivity index (χ1) is 7.75. The van der Waals surface area contributed by atoms with E-state index in [4.69, 9.17) is 0 Å². The van der Waals surface area contributed by atoms with E-state index < -0.39 is 0 Å². The maximum Gasteiger partial charge on any atom is 0.0561 e. The van der Waals surface area contributed by atoms with Crippen molar-refractivity contribution in [1.82, 2.24) is 9.88 Å². The lowest BCUT2D eigenvalue weighted by Crippen LogP contribution is -2.31. The molecule has 2 heterocycles. The van der Waals surface area contributed by atoms with E-state index >= 15 is 0 Å². The summed E-state index contributed by atoms with van der Waals surface area (Å²) in [7, 11) is 2.12. The summed E-state index contributed by atoms with van der Waals surface area (Å²) in [5.41, 5.74) is 1.17. The van der Waals surface area contributed by atoms with Crippen molar-refractivity contribution in [2.45, 2.75) is 12.8 Å². The van der Waals surface area contributed by atoms with Crippen molar-refractivity contribution in [2.75, 3.05) is 38.1 Å². The van der Waals surface area contributed by atoms with Crippen molar-refractivity contribution in [3.63, 3.8) is 0 Å². The highest BCUT2D eigenvalue weighted by molar-refractivity contribution is 9.10. The summed E-state index contributed by atoms with van der Waals surface area (Å²) in [5, 5.41) is 0. The van der Waals surface area contributed by atoms with Crippen LogP contribution in [0.1, 0.15) is 12.8 Å². The van der Waals surface area contributed by atoms with Gasteiger partial charge in [-0.3, -0.25) is 4.98 Å². The molecule has 0 saturated carbocycles. The zero-order valence-electron chi connectivity index (χ0n) is 9.69. The molecule has 1 aliphatic heterocycles. The van der Waals surface area contributed by atoms with Crippen molar-refractivity contribution >= 4 is 21.6 Å². The summed E-state index contributed by atoms with van der Waals surface area (Å²) in [6.07, 6.45) is 6.46. The first-order valence-electron chi connectivity index (χ1n) is 5.80. The Balaban J connectivity index is 1.85. The molecule has 1 fully saturated rings. The summed E-state index contributed by atoms with van der Waals surface area (Å²) in [4.78, 5) is 8.97. The minimum Gasteiger partial charge on any atom is -0.372 e. The molecule has 0 aromatic carbocycles. The number of anilines is 1. The predicted octanol–water partition coefficient (Wildman–Crippen LogP) is 2.38. The third-order valence-electron chi connectivity index (χ3n) is 3.08. The van der Waals surface area contributed by atoms with Crippen LogP contribution >= 0.6 is 15.9 Å². The van der Waals surface area contributed by atoms with Crippen molar-refractivity contribution in [2.24, 2.45) is 0 Å². The lowest BCUT2D eigenvalue weighted by molar-refractivity contribution is 0.346. The zero-order chi connectivity index (χ0) is 11.4. The molecule has 0 amide bonds. The first-order valence-corrected chi connectivity index (χ1v) is 6.59. The predicted molar refractivity (Wildman–Crippen MR) is 70.9 cm³/mol. The Morgan fingerprint density at radius 2 is 2.12 bits per heavy atom. The van der Waals surface area contributed by atoms with Gasteiger partial charge in [-0.15, -0.1) is 0 Å². The van der Waals surface area contributed by atoms with Crippen molar-refractivity contribution < 1.29 is 0 Å². The zero-order valence-corrected chi connectivity index (χ0v) is 11.3. The van der Waals surface area contributed by atoms with E-state index in [1.165, 1.54) is 31.6 Å². The first kappa shape index (κ1) is 11.9. The monoisotopic (exact) mass is 283 g/mol. The van der Waals surface area contributed by atoms with Crippen LogP contribution in [0.2, 0.25) is 0 Å². The molecule has 0 bridgehead atoms. The number of hydrogen-bond acceptors (Lipinski definition) is 3. The van der Waals surface area contributed by atoms with Gasteiger partial charge >= 0.3 is 0 Å². The molecule has 2 rings (SSSR count). The molecular formula is C12H18BrN3. The van der Waals surface area contributed by atoms with E-state index in [1.807, 2.05) is 12.4 Å². The number of pyridine rings is 1. The van der Waals surface area contributed by atoms with Gasteiger partial charge in [-0.2, -0.15) is 0 Å². The number of halogens is 1. The Labute approximate surface area is 106 Å². The summed E-state index contributed by atoms with van der Waals surface area (Å²) in [5.74, 6) is 0. The molecule has 88 valence electrons. The highest BCUT2D eigenvalue weighted by Crippen LogP contribution is 2.17. The van der Waals surface area contributed by atoms with Crippen LogP contribution in [-0.2, 0) is 0 Å². The van der Waals surface area contributed by atoms with Crippen LogP contribution in [0.3, 0.4) is 0 Å². The fourth-order valence-electron chi connectivity index (χ4n) is 2.04. The number of nitrogens with zero attached hydrogens (tertiary/aromatic N) is 3. The van der Waals surface area contributed by atoms with Crippen LogP contribution in [0.5, 0.6) is 0 Å². The Bertz CT molecular complexity index is 337. The van der Waals surface area contributed by atoms with Gasteiger partial charge in [0.05, 0.1) is 11.9 Å². The normalized spacial score (nSPS) is 16.6. The molecule has 1 aromatic heterocycles. The van der Waals surface area contributed by atoms with Crippen LogP contribution in [0.15, 0.2) is 22.9 Å². The highest BCUT2D eigenvalue weighted by atomic mass is 79.9. The second kappa shape index (κ2) is 5.64. The van der Waals surface area contributed by atoms with Crippen molar-refractivity contribution in [3.05, 3.63) is 22.9 Å². The number of aromatic nitrogens is 1. The molecule has 1 saturated heterocycles. The smallest absolute Gasteiger partial charge is 0.0561 e. The summed E-state index contributed by atoms with van der Waals surface area (Å²) >= 11 is 3.45. The molecule has 1 aromatic rings. The van der Waals surface area contributed by atoms with Gasteiger partial charge in [-0.05, 0) is 47.9 Å². The average Bonchev–Trinajstić information content (AvgIpc) is 2.78. The molecule has 0 unspecified atom stereocenters. The standard InChI is InChI=1S/C12H18BrN3/c1-15(6-7-16-4-2-3-5-16)12-8-11(13)9-14-10-12/h8-10H,2-7H2,1H3. The molecule has 1 aliphatic rings. The molecule has 0 spiro atoms. The minimum absolute atomic E-state index is 1.04. The largest absolute Gasteiger partial charge is 0.372 e. The highest BCUT2D eigenvalue weighted by Gasteiger charge is 2.11. The SMILES string of the molecule is CN(CCN1CCCC1)c1cncc(Br)c1. The summed E-state index contributed by atoms with van der Waals surface area (Å²) < 4.78 is 1.04. The van der Waals surface area contributed by atoms with Crippen LogP contribution in [0, 0.1) is 0 Å². The van der Waals surface area contributed by atoms with Crippen LogP contribution in [0.4, 0.5) is 5.69 Å². The van der Waals surface area contributed by atoms with Gasteiger partial charge in [-0.25, -0.2) is 0 Å². The molecule has 3 nitrogen and oxygen atoms in total. The number of rotatable bonds is 4. The molecule has 4 heteroatoms. The molecule has 0 radical (unpaired) electrons. The maximum atomic E-state index is 4.18. The van der Waals surface area contributed by atoms with E-state index in [0.717, 1.165) is 17.6 Å². The quantitative estimate of drug-likeness (QED) is 0.846. The van der Waals surface area contributed by atoms with Crippen LogP contribution < -0.4 is 4.90 Å². The van der Waals surface area contributed by atoms with Gasteiger partial charge in [0.2, 0.25) is 0 Å². The van der Waals surface area contributed by atoms with Gasteiger partial charge in [-0.1, -0.05) is 0 Å². The van der Waals surface area contributed by atoms with Gasteiger partial charge in [0.1, 0.15) is 0 Å². The second-order valence-corrected chi connectivity index (χ2v) is 5.25. The molecular weight excluding hydrogens is 266 g/mol. The van der Waals surface area contributed by atoms with E-state index in [2.05, 4.69) is 43.8 Å². The number of hydrogen-bond donors (Lipinski definition) is 0. The van der Waals surface area contributed by atoms with E-state index in [0.29, 0.717) is 0 Å². The van der Waals surface area contributed by atoms with Crippen LogP contribution in [0.25, 0.3) is 0 Å². The second-order valence-electron chi connectivity index (χ2n) is 4.33. The fraction of sp³-hybridized carbons (Fsp3) is 0.583. The van der Waals surface area contributed by atoms with Crippen molar-refractivity contribution in [1.29, 1.82) is 0 Å². The third kappa shape index (κ3) is 3.19. The Kier molecular flexibility index (Phi) is 4.18. The average molecular weight is 284 g/mol. The number of likely N-dealkylation sites (N-methyl/N-ethyl adjacent to an activating group) is 1. The minimum atomic E-state index is 1.04. The summed E-state index contributed by atoms with van der Waals surface area (Å²) in [6, 6.07) is 2.11. The molecule has 0 N–H and O–H groups in total. The van der Waals surface area contributed by atoms with E-state index in [-0.39, 0.29) is 0 Å². The van der Waals surface area contributed by atoms with Gasteiger partial charge in [0.15, 0.2) is 0 Å². The molecule has 0 aliphatic carbocycles. The third-order valence-corrected chi connectivity index (χ3v) is 3.52. The lowest BCUT2D eigenvalue weighted by Gasteiger charge is -2.22. The van der Waals surface area contributed by atoms with Gasteiger partial charge in [0.25, 0.3) is 0 Å². The lowest BCUT2D eigenvalue weighted by atomic mass is 10.3.